The molecule has 0 saturated heterocycles. The van der Waals surface area contributed by atoms with E-state index in [4.69, 9.17) is 18.6 Å². The van der Waals surface area contributed by atoms with E-state index >= 15 is 0 Å². The van der Waals surface area contributed by atoms with Gasteiger partial charge < -0.3 is 18.6 Å². The second-order valence-corrected chi connectivity index (χ2v) is 13.6. The Kier molecular flexibility index (Phi) is 10.0. The molecule has 0 heterocycles. The van der Waals surface area contributed by atoms with Crippen molar-refractivity contribution in [1.82, 2.24) is 0 Å². The first-order chi connectivity index (χ1) is 15.7. The number of esters is 1. The zero-order valence-corrected chi connectivity index (χ0v) is 21.7. The zero-order valence-electron chi connectivity index (χ0n) is 20.7. The predicted octanol–water partition coefficient (Wildman–Crippen LogP) is 3.96. The first kappa shape index (κ1) is 27.0. The Morgan fingerprint density at radius 2 is 1.52 bits per heavy atom. The number of carbonyl (C=O) groups is 1. The van der Waals surface area contributed by atoms with Gasteiger partial charge in [0.1, 0.15) is 18.8 Å². The molecule has 0 bridgehead atoms. The largest absolute Gasteiger partial charge is 0.457 e. The van der Waals surface area contributed by atoms with Crippen LogP contribution in [-0.4, -0.2) is 53.9 Å². The number of hydrogen-bond acceptors (Lipinski definition) is 5. The van der Waals surface area contributed by atoms with Crippen LogP contribution in [0.3, 0.4) is 0 Å². The molecule has 0 spiro atoms. The first-order valence-electron chi connectivity index (χ1n) is 11.3. The average molecular weight is 471 g/mol. The molecule has 0 fully saturated rings. The highest BCUT2D eigenvalue weighted by molar-refractivity contribution is 6.99. The van der Waals surface area contributed by atoms with Gasteiger partial charge in [0.05, 0.1) is 0 Å². The second-order valence-electron chi connectivity index (χ2n) is 9.28. The van der Waals surface area contributed by atoms with Crippen molar-refractivity contribution < 1.29 is 23.4 Å². The van der Waals surface area contributed by atoms with Gasteiger partial charge in [-0.1, -0.05) is 94.4 Å². The van der Waals surface area contributed by atoms with Crippen molar-refractivity contribution in [2.45, 2.75) is 44.9 Å². The van der Waals surface area contributed by atoms with E-state index in [2.05, 4.69) is 75.9 Å². The normalized spacial score (nSPS) is 14.8. The summed E-state index contributed by atoms with van der Waals surface area (Å²) >= 11 is 0. The topological polar surface area (TPSA) is 54.0 Å². The van der Waals surface area contributed by atoms with Crippen LogP contribution in [0.5, 0.6) is 0 Å². The van der Waals surface area contributed by atoms with Crippen LogP contribution < -0.4 is 10.4 Å². The third-order valence-corrected chi connectivity index (χ3v) is 10.9. The molecule has 2 aromatic rings. The van der Waals surface area contributed by atoms with E-state index in [1.165, 1.54) is 17.5 Å². The molecule has 0 aliphatic rings. The highest BCUT2D eigenvalue weighted by Gasteiger charge is 2.50. The molecule has 0 aromatic heterocycles. The third kappa shape index (κ3) is 6.42. The molecule has 180 valence electrons. The van der Waals surface area contributed by atoms with Crippen LogP contribution in [0.4, 0.5) is 0 Å². The molecule has 0 aliphatic carbocycles. The lowest BCUT2D eigenvalue weighted by Gasteiger charge is -2.44. The monoisotopic (exact) mass is 470 g/mol. The fraction of sp³-hybridized carbons (Fsp3) is 0.444. The van der Waals surface area contributed by atoms with Crippen molar-refractivity contribution in [2.24, 2.45) is 5.92 Å². The van der Waals surface area contributed by atoms with Crippen LogP contribution in [0.25, 0.3) is 0 Å². The van der Waals surface area contributed by atoms with E-state index in [0.717, 1.165) is 0 Å². The lowest BCUT2D eigenvalue weighted by Crippen LogP contribution is -2.67. The van der Waals surface area contributed by atoms with Crippen molar-refractivity contribution in [3.8, 4) is 0 Å². The Hall–Kier alpha value is -2.25. The van der Waals surface area contributed by atoms with Crippen molar-refractivity contribution in [1.29, 1.82) is 0 Å². The molecule has 0 saturated carbocycles. The quantitative estimate of drug-likeness (QED) is 0.267. The van der Waals surface area contributed by atoms with Gasteiger partial charge in [0.25, 0.3) is 8.32 Å². The summed E-state index contributed by atoms with van der Waals surface area (Å²) in [6, 6.07) is 20.9. The van der Waals surface area contributed by atoms with E-state index in [9.17, 15) is 4.79 Å². The minimum absolute atomic E-state index is 0.119. The van der Waals surface area contributed by atoms with Gasteiger partial charge in [0.2, 0.25) is 0 Å². The van der Waals surface area contributed by atoms with Gasteiger partial charge in [-0.05, 0) is 15.4 Å². The average Bonchev–Trinajstić information content (AvgIpc) is 2.80. The fourth-order valence-electron chi connectivity index (χ4n) is 4.29. The van der Waals surface area contributed by atoms with Crippen LogP contribution in [0.2, 0.25) is 5.04 Å². The maximum atomic E-state index is 12.2. The van der Waals surface area contributed by atoms with Crippen molar-refractivity contribution in [3.63, 3.8) is 0 Å². The lowest BCUT2D eigenvalue weighted by atomic mass is 10.0. The molecule has 0 amide bonds. The Morgan fingerprint density at radius 1 is 1.00 bits per heavy atom. The van der Waals surface area contributed by atoms with Gasteiger partial charge in [-0.3, -0.25) is 0 Å². The molecule has 33 heavy (non-hydrogen) atoms. The Labute approximate surface area is 199 Å². The van der Waals surface area contributed by atoms with Crippen molar-refractivity contribution in [3.05, 3.63) is 73.3 Å². The van der Waals surface area contributed by atoms with E-state index in [-0.39, 0.29) is 17.6 Å². The molecule has 0 unspecified atom stereocenters. The zero-order chi connectivity index (χ0) is 24.5. The summed E-state index contributed by atoms with van der Waals surface area (Å²) in [6.07, 6.45) is 0.654. The van der Waals surface area contributed by atoms with Crippen molar-refractivity contribution in [2.75, 3.05) is 27.4 Å². The van der Waals surface area contributed by atoms with E-state index in [0.29, 0.717) is 6.61 Å². The smallest absolute Gasteiger partial charge is 0.332 e. The van der Waals surface area contributed by atoms with E-state index < -0.39 is 26.5 Å². The molecule has 0 aliphatic heterocycles. The van der Waals surface area contributed by atoms with Gasteiger partial charge in [0, 0.05) is 26.7 Å². The molecule has 6 heteroatoms. The summed E-state index contributed by atoms with van der Waals surface area (Å²) in [5.74, 6) is -0.584. The fourth-order valence-corrected chi connectivity index (χ4v) is 8.96. The van der Waals surface area contributed by atoms with Crippen LogP contribution in [0.1, 0.15) is 27.7 Å². The molecule has 5 nitrogen and oxygen atoms in total. The molecular weight excluding hydrogens is 432 g/mol. The van der Waals surface area contributed by atoms with E-state index in [1.807, 2.05) is 19.1 Å². The molecule has 0 N–H and O–H groups in total. The maximum absolute atomic E-state index is 12.2. The summed E-state index contributed by atoms with van der Waals surface area (Å²) < 4.78 is 23.2. The summed E-state index contributed by atoms with van der Waals surface area (Å²) in [5, 5.41) is 2.27. The minimum atomic E-state index is -2.70. The van der Waals surface area contributed by atoms with Crippen LogP contribution in [-0.2, 0) is 23.4 Å². The Balaban J connectivity index is 2.45. The number of methoxy groups -OCH3 is 2. The summed E-state index contributed by atoms with van der Waals surface area (Å²) in [4.78, 5) is 12.2. The number of hydrogen-bond donors (Lipinski definition) is 0. The van der Waals surface area contributed by atoms with Gasteiger partial charge in [0.15, 0.2) is 0 Å². The summed E-state index contributed by atoms with van der Waals surface area (Å²) in [6.45, 7) is 12.9. The Bertz CT molecular complexity index is 824. The molecule has 3 atom stereocenters. The maximum Gasteiger partial charge on any atom is 0.332 e. The molecule has 0 radical (unpaired) electrons. The van der Waals surface area contributed by atoms with Gasteiger partial charge in [-0.25, -0.2) is 4.79 Å². The second kappa shape index (κ2) is 12.3. The summed E-state index contributed by atoms with van der Waals surface area (Å²) in [7, 11) is 0.348. The number of carbonyl (C=O) groups excluding carboxylic acids is 1. The standard InChI is InChI=1S/C27H38O5Si/c1-8-24(30-7)26(32-25(28)20-29-6)21(2)19-31-33(27(3,4)5,22-15-11-9-12-16-22)23-17-13-10-14-18-23/h8-18,21,24,26H,1,19-20H2,2-7H3/t21-,24-,26+/m0/s1. The van der Waals surface area contributed by atoms with Crippen LogP contribution in [0, 0.1) is 5.92 Å². The van der Waals surface area contributed by atoms with Gasteiger partial charge in [-0.2, -0.15) is 0 Å². The van der Waals surface area contributed by atoms with Crippen LogP contribution in [0.15, 0.2) is 73.3 Å². The highest BCUT2D eigenvalue weighted by Crippen LogP contribution is 2.37. The lowest BCUT2D eigenvalue weighted by molar-refractivity contribution is -0.163. The predicted molar refractivity (Wildman–Crippen MR) is 135 cm³/mol. The number of ether oxygens (including phenoxy) is 3. The highest BCUT2D eigenvalue weighted by atomic mass is 28.4. The molecule has 2 aromatic carbocycles. The number of rotatable bonds is 12. The van der Waals surface area contributed by atoms with Crippen LogP contribution >= 0.6 is 0 Å². The van der Waals surface area contributed by atoms with Crippen molar-refractivity contribution >= 4 is 24.7 Å². The minimum Gasteiger partial charge on any atom is -0.457 e. The van der Waals surface area contributed by atoms with Gasteiger partial charge >= 0.3 is 5.97 Å². The van der Waals surface area contributed by atoms with E-state index in [1.54, 1.807) is 13.2 Å². The summed E-state index contributed by atoms with van der Waals surface area (Å²) in [5.41, 5.74) is 0. The van der Waals surface area contributed by atoms with Gasteiger partial charge in [-0.15, -0.1) is 6.58 Å². The third-order valence-electron chi connectivity index (χ3n) is 5.90. The molecule has 2 rings (SSSR count). The first-order valence-corrected chi connectivity index (χ1v) is 13.2. The Morgan fingerprint density at radius 3 is 1.91 bits per heavy atom. The number of benzene rings is 2. The SMILES string of the molecule is C=C[C@H](OC)[C@H](OC(=O)COC)[C@@H](C)CO[Si](c1ccccc1)(c1ccccc1)C(C)(C)C. The molecular formula is C27H38O5Si.